The third kappa shape index (κ3) is 3.39. The average molecular weight is 340 g/mol. The van der Waals surface area contributed by atoms with Crippen LogP contribution in [-0.2, 0) is 16.0 Å². The van der Waals surface area contributed by atoms with Crippen LogP contribution in [0.5, 0.6) is 0 Å². The Kier molecular flexibility index (Phi) is 4.81. The van der Waals surface area contributed by atoms with Crippen LogP contribution in [0.3, 0.4) is 0 Å². The molecule has 0 atom stereocenters. The number of nitrogens with one attached hydrogen (secondary N) is 1. The van der Waals surface area contributed by atoms with E-state index < -0.39 is 11.5 Å². The van der Waals surface area contributed by atoms with Gasteiger partial charge in [0.05, 0.1) is 0 Å². The number of carboxylic acid groups (broad SMARTS) is 1. The molecule has 0 radical (unpaired) electrons. The highest BCUT2D eigenvalue weighted by molar-refractivity contribution is 9.10. The highest BCUT2D eigenvalue weighted by Gasteiger charge is 2.42. The molecule has 0 heterocycles. The Labute approximate surface area is 126 Å². The van der Waals surface area contributed by atoms with Crippen LogP contribution in [-0.4, -0.2) is 22.5 Å². The Hall–Kier alpha value is -1.36. The van der Waals surface area contributed by atoms with Gasteiger partial charge in [0.2, 0.25) is 5.91 Å². The molecule has 2 rings (SSSR count). The van der Waals surface area contributed by atoms with Crippen molar-refractivity contribution in [1.82, 2.24) is 5.32 Å². The van der Waals surface area contributed by atoms with E-state index in [0.717, 1.165) is 22.9 Å². The lowest BCUT2D eigenvalue weighted by molar-refractivity contribution is -0.147. The van der Waals surface area contributed by atoms with Crippen LogP contribution in [0.25, 0.3) is 0 Å². The van der Waals surface area contributed by atoms with Gasteiger partial charge in [0.25, 0.3) is 0 Å². The number of carboxylic acids is 1. The third-order valence-electron chi connectivity index (χ3n) is 3.82. The van der Waals surface area contributed by atoms with Gasteiger partial charge in [0, 0.05) is 10.9 Å². The number of hydrogen-bond acceptors (Lipinski definition) is 2. The molecule has 2 N–H and O–H groups in total. The predicted octanol–water partition coefficient (Wildman–Crippen LogP) is 2.90. The second kappa shape index (κ2) is 6.39. The van der Waals surface area contributed by atoms with E-state index in [2.05, 4.69) is 21.2 Å². The molecule has 1 aromatic rings. The second-order valence-corrected chi connectivity index (χ2v) is 6.09. The highest BCUT2D eigenvalue weighted by Crippen LogP contribution is 2.30. The molecule has 108 valence electrons. The molecule has 0 bridgehead atoms. The molecule has 1 aliphatic carbocycles. The lowest BCUT2D eigenvalue weighted by Crippen LogP contribution is -2.52. The highest BCUT2D eigenvalue weighted by atomic mass is 79.9. The van der Waals surface area contributed by atoms with Crippen LogP contribution < -0.4 is 5.32 Å². The number of halogens is 1. The minimum Gasteiger partial charge on any atom is -0.480 e. The van der Waals surface area contributed by atoms with Gasteiger partial charge in [0.1, 0.15) is 5.54 Å². The topological polar surface area (TPSA) is 66.4 Å². The molecular weight excluding hydrogens is 322 g/mol. The Bertz CT molecular complexity index is 510. The number of amides is 1. The Morgan fingerprint density at radius 1 is 1.25 bits per heavy atom. The van der Waals surface area contributed by atoms with Crippen LogP contribution in [0.2, 0.25) is 0 Å². The maximum absolute atomic E-state index is 12.0. The number of carbonyl (C=O) groups is 2. The molecule has 20 heavy (non-hydrogen) atoms. The van der Waals surface area contributed by atoms with Crippen LogP contribution in [0.1, 0.15) is 37.7 Å². The number of aryl methyl sites for hydroxylation is 1. The van der Waals surface area contributed by atoms with E-state index in [4.69, 9.17) is 0 Å². The van der Waals surface area contributed by atoms with Gasteiger partial charge in [-0.05, 0) is 30.9 Å². The predicted molar refractivity (Wildman–Crippen MR) is 79.4 cm³/mol. The molecule has 0 saturated heterocycles. The summed E-state index contributed by atoms with van der Waals surface area (Å²) in [4.78, 5) is 23.4. The zero-order valence-electron chi connectivity index (χ0n) is 11.2. The fraction of sp³-hybridized carbons (Fsp3) is 0.467. The quantitative estimate of drug-likeness (QED) is 0.866. The third-order valence-corrected chi connectivity index (χ3v) is 4.60. The van der Waals surface area contributed by atoms with Crippen molar-refractivity contribution < 1.29 is 14.7 Å². The molecule has 1 saturated carbocycles. The number of carbonyl (C=O) groups excluding carboxylic acids is 1. The van der Waals surface area contributed by atoms with E-state index >= 15 is 0 Å². The van der Waals surface area contributed by atoms with Gasteiger partial charge in [-0.1, -0.05) is 47.0 Å². The molecule has 1 aromatic carbocycles. The van der Waals surface area contributed by atoms with E-state index in [0.29, 0.717) is 25.7 Å². The first-order chi connectivity index (χ1) is 9.53. The summed E-state index contributed by atoms with van der Waals surface area (Å²) in [6, 6.07) is 7.74. The summed E-state index contributed by atoms with van der Waals surface area (Å²) < 4.78 is 0.974. The van der Waals surface area contributed by atoms with Crippen LogP contribution in [0.4, 0.5) is 0 Å². The van der Waals surface area contributed by atoms with E-state index in [1.807, 2.05) is 24.3 Å². The fourth-order valence-corrected chi connectivity index (χ4v) is 3.13. The summed E-state index contributed by atoms with van der Waals surface area (Å²) in [6.45, 7) is 0. The van der Waals surface area contributed by atoms with Gasteiger partial charge in [-0.15, -0.1) is 0 Å². The summed E-state index contributed by atoms with van der Waals surface area (Å²) in [5.74, 6) is -1.10. The van der Waals surface area contributed by atoms with Gasteiger partial charge in [-0.25, -0.2) is 4.79 Å². The molecule has 1 fully saturated rings. The van der Waals surface area contributed by atoms with E-state index in [-0.39, 0.29) is 5.91 Å². The Morgan fingerprint density at radius 3 is 2.50 bits per heavy atom. The summed E-state index contributed by atoms with van der Waals surface area (Å²) in [5, 5.41) is 12.0. The lowest BCUT2D eigenvalue weighted by Gasteiger charge is -2.25. The first-order valence-corrected chi connectivity index (χ1v) is 7.61. The van der Waals surface area contributed by atoms with E-state index in [9.17, 15) is 14.7 Å². The minimum absolute atomic E-state index is 0.190. The standard InChI is InChI=1S/C15H18BrNO3/c16-12-6-2-1-5-11(12)7-8-13(18)17-15(14(19)20)9-3-4-10-15/h1-2,5-6H,3-4,7-10H2,(H,17,18)(H,19,20). The molecule has 1 amide bonds. The fourth-order valence-electron chi connectivity index (χ4n) is 2.65. The first kappa shape index (κ1) is 15.0. The summed E-state index contributed by atoms with van der Waals surface area (Å²) in [6.07, 6.45) is 3.68. The first-order valence-electron chi connectivity index (χ1n) is 6.81. The number of hydrogen-bond donors (Lipinski definition) is 2. The number of aliphatic carboxylic acids is 1. The zero-order valence-corrected chi connectivity index (χ0v) is 12.8. The van der Waals surface area contributed by atoms with Crippen LogP contribution in [0.15, 0.2) is 28.7 Å². The molecule has 1 aliphatic rings. The summed E-state index contributed by atoms with van der Waals surface area (Å²) >= 11 is 3.44. The van der Waals surface area contributed by atoms with Crippen molar-refractivity contribution in [2.75, 3.05) is 0 Å². The average Bonchev–Trinajstić information content (AvgIpc) is 2.88. The van der Waals surface area contributed by atoms with Crippen LogP contribution >= 0.6 is 15.9 Å². The molecule has 0 unspecified atom stereocenters. The SMILES string of the molecule is O=C(CCc1ccccc1Br)NC1(C(=O)O)CCCC1. The van der Waals surface area contributed by atoms with Gasteiger partial charge < -0.3 is 10.4 Å². The maximum Gasteiger partial charge on any atom is 0.329 e. The molecule has 0 aliphatic heterocycles. The van der Waals surface area contributed by atoms with Gasteiger partial charge in [-0.2, -0.15) is 0 Å². The molecule has 4 nitrogen and oxygen atoms in total. The summed E-state index contributed by atoms with van der Waals surface area (Å²) in [5.41, 5.74) is 0.0174. The van der Waals surface area contributed by atoms with Crippen molar-refractivity contribution in [3.8, 4) is 0 Å². The van der Waals surface area contributed by atoms with Gasteiger partial charge in [0.15, 0.2) is 0 Å². The van der Waals surface area contributed by atoms with Gasteiger partial charge >= 0.3 is 5.97 Å². The minimum atomic E-state index is -1.04. The van der Waals surface area contributed by atoms with Crippen molar-refractivity contribution in [2.45, 2.75) is 44.1 Å². The second-order valence-electron chi connectivity index (χ2n) is 5.23. The molecule has 0 spiro atoms. The monoisotopic (exact) mass is 339 g/mol. The Balaban J connectivity index is 1.92. The summed E-state index contributed by atoms with van der Waals surface area (Å²) in [7, 11) is 0. The van der Waals surface area contributed by atoms with Crippen molar-refractivity contribution in [3.63, 3.8) is 0 Å². The van der Waals surface area contributed by atoms with E-state index in [1.54, 1.807) is 0 Å². The largest absolute Gasteiger partial charge is 0.480 e. The van der Waals surface area contributed by atoms with Crippen molar-refractivity contribution in [3.05, 3.63) is 34.3 Å². The van der Waals surface area contributed by atoms with Gasteiger partial charge in [-0.3, -0.25) is 4.79 Å². The number of benzene rings is 1. The molecule has 0 aromatic heterocycles. The zero-order chi connectivity index (χ0) is 14.6. The smallest absolute Gasteiger partial charge is 0.329 e. The molecular formula is C15H18BrNO3. The van der Waals surface area contributed by atoms with Crippen molar-refractivity contribution >= 4 is 27.8 Å². The van der Waals surface area contributed by atoms with Crippen molar-refractivity contribution in [2.24, 2.45) is 0 Å². The maximum atomic E-state index is 12.0. The normalized spacial score (nSPS) is 16.9. The van der Waals surface area contributed by atoms with Crippen LogP contribution in [0, 0.1) is 0 Å². The Morgan fingerprint density at radius 2 is 1.90 bits per heavy atom. The van der Waals surface area contributed by atoms with E-state index in [1.165, 1.54) is 0 Å². The number of rotatable bonds is 5. The molecule has 5 heteroatoms. The lowest BCUT2D eigenvalue weighted by atomic mass is 9.97. The van der Waals surface area contributed by atoms with Crippen molar-refractivity contribution in [1.29, 1.82) is 0 Å².